The monoisotopic (exact) mass is 252 g/mol. The summed E-state index contributed by atoms with van der Waals surface area (Å²) in [7, 11) is 0. The van der Waals surface area contributed by atoms with Crippen LogP contribution in [0.5, 0.6) is 0 Å². The van der Waals surface area contributed by atoms with Gasteiger partial charge in [0.25, 0.3) is 0 Å². The van der Waals surface area contributed by atoms with E-state index in [4.69, 9.17) is 4.74 Å². The quantitative estimate of drug-likeness (QED) is 0.686. The minimum absolute atomic E-state index is 0.0346. The summed E-state index contributed by atoms with van der Waals surface area (Å²) in [5, 5.41) is 10.1. The summed E-state index contributed by atoms with van der Waals surface area (Å²) < 4.78 is 7.29. The van der Waals surface area contributed by atoms with Crippen molar-refractivity contribution in [3.63, 3.8) is 0 Å². The second-order valence-corrected chi connectivity index (χ2v) is 4.37. The average molecular weight is 252 g/mol. The number of nitrogens with zero attached hydrogens (tertiary/aromatic N) is 2. The number of ether oxygens (including phenoxy) is 1. The highest BCUT2D eigenvalue weighted by Gasteiger charge is 2.12. The van der Waals surface area contributed by atoms with E-state index in [1.165, 1.54) is 0 Å². The van der Waals surface area contributed by atoms with Crippen molar-refractivity contribution in [2.45, 2.75) is 25.5 Å². The summed E-state index contributed by atoms with van der Waals surface area (Å²) in [5.74, 6) is -0.0346. The molecule has 100 valence electrons. The van der Waals surface area contributed by atoms with Crippen LogP contribution in [0, 0.1) is 0 Å². The van der Waals surface area contributed by atoms with Gasteiger partial charge in [0.15, 0.2) is 0 Å². The molecule has 0 spiro atoms. The molecule has 2 rings (SSSR count). The Hall–Kier alpha value is -1.40. The lowest BCUT2D eigenvalue weighted by molar-refractivity contribution is -0.122. The van der Waals surface area contributed by atoms with Crippen LogP contribution in [0.1, 0.15) is 12.8 Å². The van der Waals surface area contributed by atoms with Crippen molar-refractivity contribution in [3.8, 4) is 0 Å². The predicted molar refractivity (Wildman–Crippen MR) is 67.1 cm³/mol. The van der Waals surface area contributed by atoms with Crippen molar-refractivity contribution in [1.29, 1.82) is 0 Å². The van der Waals surface area contributed by atoms with Crippen LogP contribution in [0.25, 0.3) is 0 Å². The molecule has 1 fully saturated rings. The van der Waals surface area contributed by atoms with Gasteiger partial charge in [0, 0.05) is 18.9 Å². The van der Waals surface area contributed by atoms with Gasteiger partial charge in [-0.15, -0.1) is 0 Å². The Balaban J connectivity index is 1.53. The van der Waals surface area contributed by atoms with Gasteiger partial charge in [-0.3, -0.25) is 9.48 Å². The van der Waals surface area contributed by atoms with Crippen LogP contribution in [0.15, 0.2) is 18.5 Å². The first-order chi connectivity index (χ1) is 8.84. The molecule has 1 aliphatic heterocycles. The van der Waals surface area contributed by atoms with Gasteiger partial charge in [-0.2, -0.15) is 5.10 Å². The van der Waals surface area contributed by atoms with Gasteiger partial charge < -0.3 is 15.4 Å². The summed E-state index contributed by atoms with van der Waals surface area (Å²) in [4.78, 5) is 11.5. The molecule has 18 heavy (non-hydrogen) atoms. The van der Waals surface area contributed by atoms with Crippen LogP contribution in [0.4, 0.5) is 0 Å². The van der Waals surface area contributed by atoms with Gasteiger partial charge in [-0.1, -0.05) is 0 Å². The molecule has 1 saturated heterocycles. The maximum Gasteiger partial charge on any atom is 0.241 e. The van der Waals surface area contributed by atoms with Crippen LogP contribution in [-0.4, -0.2) is 48.0 Å². The molecule has 1 aromatic heterocycles. The number of amides is 1. The van der Waals surface area contributed by atoms with Crippen molar-refractivity contribution >= 4 is 5.91 Å². The third-order valence-corrected chi connectivity index (χ3v) is 2.93. The Morgan fingerprint density at radius 3 is 3.06 bits per heavy atom. The van der Waals surface area contributed by atoms with E-state index < -0.39 is 0 Å². The van der Waals surface area contributed by atoms with Crippen LogP contribution < -0.4 is 10.6 Å². The zero-order chi connectivity index (χ0) is 12.6. The fourth-order valence-corrected chi connectivity index (χ4v) is 1.98. The number of aromatic nitrogens is 2. The van der Waals surface area contributed by atoms with E-state index in [0.29, 0.717) is 19.3 Å². The summed E-state index contributed by atoms with van der Waals surface area (Å²) in [5.41, 5.74) is 0. The molecule has 6 heteroatoms. The first-order valence-corrected chi connectivity index (χ1v) is 6.41. The predicted octanol–water partition coefficient (Wildman–Crippen LogP) is -0.232. The Morgan fingerprint density at radius 1 is 1.50 bits per heavy atom. The van der Waals surface area contributed by atoms with Gasteiger partial charge in [0.2, 0.25) is 5.91 Å². The molecule has 0 radical (unpaired) electrons. The van der Waals surface area contributed by atoms with Gasteiger partial charge >= 0.3 is 0 Å². The van der Waals surface area contributed by atoms with E-state index in [9.17, 15) is 4.79 Å². The van der Waals surface area contributed by atoms with E-state index >= 15 is 0 Å². The number of carbonyl (C=O) groups excluding carboxylic acids is 1. The second-order valence-electron chi connectivity index (χ2n) is 4.37. The highest BCUT2D eigenvalue weighted by molar-refractivity contribution is 5.75. The SMILES string of the molecule is O=C(Cn1cccn1)NCCOC1CCNCC1. The zero-order valence-corrected chi connectivity index (χ0v) is 10.5. The van der Waals surface area contributed by atoms with Crippen LogP contribution >= 0.6 is 0 Å². The van der Waals surface area contributed by atoms with Gasteiger partial charge in [-0.25, -0.2) is 0 Å². The molecule has 1 amide bonds. The molecule has 0 unspecified atom stereocenters. The maximum absolute atomic E-state index is 11.5. The summed E-state index contributed by atoms with van der Waals surface area (Å²) >= 11 is 0. The largest absolute Gasteiger partial charge is 0.376 e. The standard InChI is InChI=1S/C12H20N4O2/c17-12(10-16-8-1-4-15-16)14-7-9-18-11-2-5-13-6-3-11/h1,4,8,11,13H,2-3,5-7,9-10H2,(H,14,17). The summed E-state index contributed by atoms with van der Waals surface area (Å²) in [6.45, 7) is 3.45. The first-order valence-electron chi connectivity index (χ1n) is 6.41. The van der Waals surface area contributed by atoms with E-state index in [2.05, 4.69) is 15.7 Å². The van der Waals surface area contributed by atoms with Crippen molar-refractivity contribution < 1.29 is 9.53 Å². The molecule has 0 bridgehead atoms. The lowest BCUT2D eigenvalue weighted by Crippen LogP contribution is -2.35. The first kappa shape index (κ1) is 13.0. The number of nitrogens with one attached hydrogen (secondary N) is 2. The van der Waals surface area contributed by atoms with Crippen LogP contribution in [0.2, 0.25) is 0 Å². The van der Waals surface area contributed by atoms with E-state index in [-0.39, 0.29) is 12.5 Å². The summed E-state index contributed by atoms with van der Waals surface area (Å²) in [6.07, 6.45) is 5.88. The zero-order valence-electron chi connectivity index (χ0n) is 10.5. The molecule has 0 aliphatic carbocycles. The Bertz CT molecular complexity index is 347. The fourth-order valence-electron chi connectivity index (χ4n) is 1.98. The molecular formula is C12H20N4O2. The molecule has 2 heterocycles. The smallest absolute Gasteiger partial charge is 0.241 e. The molecule has 6 nitrogen and oxygen atoms in total. The Morgan fingerprint density at radius 2 is 2.33 bits per heavy atom. The lowest BCUT2D eigenvalue weighted by Gasteiger charge is -2.22. The molecule has 0 saturated carbocycles. The Kier molecular flexibility index (Phi) is 5.16. The van der Waals surface area contributed by atoms with Crippen LogP contribution in [-0.2, 0) is 16.1 Å². The summed E-state index contributed by atoms with van der Waals surface area (Å²) in [6, 6.07) is 1.80. The minimum atomic E-state index is -0.0346. The number of carbonyl (C=O) groups is 1. The van der Waals surface area contributed by atoms with Gasteiger partial charge in [0.1, 0.15) is 6.54 Å². The average Bonchev–Trinajstić information content (AvgIpc) is 2.89. The second kappa shape index (κ2) is 7.13. The third-order valence-electron chi connectivity index (χ3n) is 2.93. The Labute approximate surface area is 107 Å². The molecule has 0 aromatic carbocycles. The molecule has 1 aliphatic rings. The molecule has 0 atom stereocenters. The lowest BCUT2D eigenvalue weighted by atomic mass is 10.1. The van der Waals surface area contributed by atoms with E-state index in [0.717, 1.165) is 25.9 Å². The van der Waals surface area contributed by atoms with Crippen LogP contribution in [0.3, 0.4) is 0 Å². The van der Waals surface area contributed by atoms with Crippen molar-refractivity contribution in [3.05, 3.63) is 18.5 Å². The number of hydrogen-bond acceptors (Lipinski definition) is 4. The highest BCUT2D eigenvalue weighted by Crippen LogP contribution is 2.06. The number of rotatable bonds is 6. The normalized spacial score (nSPS) is 16.7. The van der Waals surface area contributed by atoms with E-state index in [1.54, 1.807) is 23.1 Å². The minimum Gasteiger partial charge on any atom is -0.376 e. The molecule has 2 N–H and O–H groups in total. The molecular weight excluding hydrogens is 232 g/mol. The third kappa shape index (κ3) is 4.46. The van der Waals surface area contributed by atoms with Crippen molar-refractivity contribution in [2.75, 3.05) is 26.2 Å². The number of hydrogen-bond donors (Lipinski definition) is 2. The maximum atomic E-state index is 11.5. The van der Waals surface area contributed by atoms with Gasteiger partial charge in [0.05, 0.1) is 12.7 Å². The topological polar surface area (TPSA) is 68.2 Å². The van der Waals surface area contributed by atoms with Crippen molar-refractivity contribution in [2.24, 2.45) is 0 Å². The fraction of sp³-hybridized carbons (Fsp3) is 0.667. The van der Waals surface area contributed by atoms with Crippen molar-refractivity contribution in [1.82, 2.24) is 20.4 Å². The van der Waals surface area contributed by atoms with E-state index in [1.807, 2.05) is 0 Å². The number of piperidine rings is 1. The van der Waals surface area contributed by atoms with Gasteiger partial charge in [-0.05, 0) is 32.0 Å². The molecule has 1 aromatic rings. The highest BCUT2D eigenvalue weighted by atomic mass is 16.5.